The molecule has 0 atom stereocenters. The van der Waals surface area contributed by atoms with Crippen molar-refractivity contribution in [2.75, 3.05) is 11.9 Å². The second-order valence-corrected chi connectivity index (χ2v) is 6.02. The van der Waals surface area contributed by atoms with Gasteiger partial charge in [0.15, 0.2) is 0 Å². The molecule has 1 amide bonds. The van der Waals surface area contributed by atoms with E-state index in [0.29, 0.717) is 17.1 Å². The van der Waals surface area contributed by atoms with E-state index in [1.54, 1.807) is 24.3 Å². The average molecular weight is 319 g/mol. The Bertz CT molecular complexity index is 376. The Morgan fingerprint density at radius 1 is 1.35 bits per heavy atom. The van der Waals surface area contributed by atoms with Crippen molar-refractivity contribution < 1.29 is 4.79 Å². The lowest BCUT2D eigenvalue weighted by atomic mass is 9.90. The normalized spacial score (nSPS) is 11.3. The molecule has 0 aromatic heterocycles. The molecule has 0 aliphatic carbocycles. The Kier molecular flexibility index (Phi) is 5.47. The third-order valence-electron chi connectivity index (χ3n) is 2.61. The van der Waals surface area contributed by atoms with E-state index in [9.17, 15) is 4.79 Å². The molecule has 0 unspecified atom stereocenters. The van der Waals surface area contributed by atoms with Gasteiger partial charge in [-0.15, -0.1) is 0 Å². The minimum absolute atomic E-state index is 0.0516. The summed E-state index contributed by atoms with van der Waals surface area (Å²) in [7, 11) is 0. The molecule has 1 rings (SSSR count). The molecule has 0 aliphatic rings. The molecule has 0 radical (unpaired) electrons. The predicted octanol–water partition coefficient (Wildman–Crippen LogP) is 3.88. The lowest BCUT2D eigenvalue weighted by Crippen LogP contribution is -2.34. The molecule has 4 heteroatoms. The number of carbonyl (C=O) groups is 1. The molecule has 0 saturated heterocycles. The first-order valence-electron chi connectivity index (χ1n) is 5.54. The van der Waals surface area contributed by atoms with E-state index in [1.165, 1.54) is 0 Å². The Morgan fingerprint density at radius 2 is 1.94 bits per heavy atom. The van der Waals surface area contributed by atoms with E-state index in [-0.39, 0.29) is 11.3 Å². The van der Waals surface area contributed by atoms with E-state index in [0.717, 1.165) is 11.8 Å². The molecule has 0 heterocycles. The summed E-state index contributed by atoms with van der Waals surface area (Å²) in [5, 5.41) is 4.52. The van der Waals surface area contributed by atoms with Gasteiger partial charge >= 0.3 is 0 Å². The number of amides is 1. The number of alkyl halides is 1. The predicted molar refractivity (Wildman–Crippen MR) is 76.0 cm³/mol. The quantitative estimate of drug-likeness (QED) is 0.820. The highest BCUT2D eigenvalue weighted by atomic mass is 79.9. The fourth-order valence-corrected chi connectivity index (χ4v) is 2.57. The van der Waals surface area contributed by atoms with Crippen LogP contribution < -0.4 is 5.32 Å². The van der Waals surface area contributed by atoms with Crippen molar-refractivity contribution in [2.45, 2.75) is 20.3 Å². The van der Waals surface area contributed by atoms with E-state index in [4.69, 9.17) is 11.6 Å². The zero-order valence-electron chi connectivity index (χ0n) is 10.1. The van der Waals surface area contributed by atoms with Crippen LogP contribution in [0.25, 0.3) is 0 Å². The molecule has 0 spiro atoms. The zero-order chi connectivity index (χ0) is 12.9. The van der Waals surface area contributed by atoms with E-state index in [2.05, 4.69) is 35.1 Å². The molecule has 0 bridgehead atoms. The van der Waals surface area contributed by atoms with Crippen LogP contribution in [0.15, 0.2) is 24.3 Å². The second kappa shape index (κ2) is 6.41. The molecule has 94 valence electrons. The van der Waals surface area contributed by atoms with Gasteiger partial charge in [-0.3, -0.25) is 4.79 Å². The van der Waals surface area contributed by atoms with Gasteiger partial charge in [0, 0.05) is 22.5 Å². The van der Waals surface area contributed by atoms with Crippen molar-refractivity contribution in [2.24, 2.45) is 5.41 Å². The Labute approximate surface area is 116 Å². The van der Waals surface area contributed by atoms with E-state index < -0.39 is 0 Å². The lowest BCUT2D eigenvalue weighted by molar-refractivity contribution is 0.0936. The zero-order valence-corrected chi connectivity index (χ0v) is 12.4. The third kappa shape index (κ3) is 5.09. The van der Waals surface area contributed by atoms with E-state index >= 15 is 0 Å². The summed E-state index contributed by atoms with van der Waals surface area (Å²) in [5.41, 5.74) is 0.745. The third-order valence-corrected chi connectivity index (χ3v) is 3.25. The highest BCUT2D eigenvalue weighted by Crippen LogP contribution is 2.20. The minimum Gasteiger partial charge on any atom is -0.352 e. The van der Waals surface area contributed by atoms with Crippen molar-refractivity contribution in [3.05, 3.63) is 34.9 Å². The molecular weight excluding hydrogens is 302 g/mol. The summed E-state index contributed by atoms with van der Waals surface area (Å²) >= 11 is 9.19. The van der Waals surface area contributed by atoms with Crippen LogP contribution in [0.2, 0.25) is 5.02 Å². The van der Waals surface area contributed by atoms with Crippen molar-refractivity contribution in [3.63, 3.8) is 0 Å². The van der Waals surface area contributed by atoms with Crippen molar-refractivity contribution in [3.8, 4) is 0 Å². The van der Waals surface area contributed by atoms with Crippen LogP contribution in [0.3, 0.4) is 0 Å². The molecule has 0 saturated carbocycles. The van der Waals surface area contributed by atoms with Crippen LogP contribution in [0.5, 0.6) is 0 Å². The molecule has 1 aromatic carbocycles. The molecule has 1 N–H and O–H groups in total. The van der Waals surface area contributed by atoms with Gasteiger partial charge in [-0.25, -0.2) is 0 Å². The SMILES string of the molecule is CC(C)(CCBr)CNC(=O)c1ccc(Cl)cc1. The van der Waals surface area contributed by atoms with E-state index in [1.807, 2.05) is 0 Å². The summed E-state index contributed by atoms with van der Waals surface area (Å²) in [6, 6.07) is 6.91. The van der Waals surface area contributed by atoms with Crippen molar-refractivity contribution in [1.29, 1.82) is 0 Å². The average Bonchev–Trinajstić information content (AvgIpc) is 2.27. The number of rotatable bonds is 5. The minimum atomic E-state index is -0.0516. The Hall–Kier alpha value is -0.540. The Balaban J connectivity index is 2.53. The first-order chi connectivity index (χ1) is 7.94. The second-order valence-electron chi connectivity index (χ2n) is 4.79. The molecule has 0 fully saturated rings. The van der Waals surface area contributed by atoms with Crippen molar-refractivity contribution >= 4 is 33.4 Å². The highest BCUT2D eigenvalue weighted by Gasteiger charge is 2.18. The molecule has 0 aliphatic heterocycles. The smallest absolute Gasteiger partial charge is 0.251 e. The van der Waals surface area contributed by atoms with Crippen LogP contribution in [0, 0.1) is 5.41 Å². The molecular formula is C13H17BrClNO. The number of hydrogen-bond acceptors (Lipinski definition) is 1. The van der Waals surface area contributed by atoms with Crippen LogP contribution >= 0.6 is 27.5 Å². The Morgan fingerprint density at radius 3 is 2.47 bits per heavy atom. The van der Waals surface area contributed by atoms with Gasteiger partial charge in [0.2, 0.25) is 0 Å². The van der Waals surface area contributed by atoms with Gasteiger partial charge in [0.05, 0.1) is 0 Å². The fraction of sp³-hybridized carbons (Fsp3) is 0.462. The van der Waals surface area contributed by atoms with Crippen LogP contribution in [-0.2, 0) is 0 Å². The number of carbonyl (C=O) groups excluding carboxylic acids is 1. The molecule has 17 heavy (non-hydrogen) atoms. The first-order valence-corrected chi connectivity index (χ1v) is 7.04. The maximum atomic E-state index is 11.8. The van der Waals surface area contributed by atoms with Gasteiger partial charge in [-0.05, 0) is 36.1 Å². The summed E-state index contributed by atoms with van der Waals surface area (Å²) in [6.45, 7) is 4.94. The molecule has 1 aromatic rings. The monoisotopic (exact) mass is 317 g/mol. The summed E-state index contributed by atoms with van der Waals surface area (Å²) in [4.78, 5) is 11.8. The van der Waals surface area contributed by atoms with Gasteiger partial charge in [-0.1, -0.05) is 41.4 Å². The molecule has 2 nitrogen and oxygen atoms in total. The summed E-state index contributed by atoms with van der Waals surface area (Å²) in [6.07, 6.45) is 1.02. The summed E-state index contributed by atoms with van der Waals surface area (Å²) in [5.74, 6) is -0.0516. The standard InChI is InChI=1S/C13H17BrClNO/c1-13(2,7-8-14)9-16-12(17)10-3-5-11(15)6-4-10/h3-6H,7-9H2,1-2H3,(H,16,17). The first kappa shape index (κ1) is 14.5. The largest absolute Gasteiger partial charge is 0.352 e. The van der Waals surface area contributed by atoms with Crippen molar-refractivity contribution in [1.82, 2.24) is 5.32 Å². The maximum absolute atomic E-state index is 11.8. The summed E-state index contributed by atoms with van der Waals surface area (Å²) < 4.78 is 0. The van der Waals surface area contributed by atoms with Crippen LogP contribution in [0.1, 0.15) is 30.6 Å². The van der Waals surface area contributed by atoms with Gasteiger partial charge in [0.1, 0.15) is 0 Å². The maximum Gasteiger partial charge on any atom is 0.251 e. The van der Waals surface area contributed by atoms with Crippen LogP contribution in [0.4, 0.5) is 0 Å². The number of benzene rings is 1. The van der Waals surface area contributed by atoms with Crippen LogP contribution in [-0.4, -0.2) is 17.8 Å². The number of hydrogen-bond donors (Lipinski definition) is 1. The topological polar surface area (TPSA) is 29.1 Å². The van der Waals surface area contributed by atoms with Gasteiger partial charge < -0.3 is 5.32 Å². The van der Waals surface area contributed by atoms with Gasteiger partial charge in [0.25, 0.3) is 5.91 Å². The lowest BCUT2D eigenvalue weighted by Gasteiger charge is -2.23. The number of halogens is 2. The highest BCUT2D eigenvalue weighted by molar-refractivity contribution is 9.09. The number of nitrogens with one attached hydrogen (secondary N) is 1. The van der Waals surface area contributed by atoms with Gasteiger partial charge in [-0.2, -0.15) is 0 Å². The fourth-order valence-electron chi connectivity index (χ4n) is 1.37.